The van der Waals surface area contributed by atoms with Crippen LogP contribution in [0, 0.1) is 0 Å². The molecule has 88 valence electrons. The number of benzene rings is 1. The van der Waals surface area contributed by atoms with Crippen LogP contribution in [0.25, 0.3) is 0 Å². The number of carbonyl (C=O) groups is 1. The molecule has 0 aromatic heterocycles. The summed E-state index contributed by atoms with van der Waals surface area (Å²) in [7, 11) is 1.53. The molecule has 0 fully saturated rings. The van der Waals surface area contributed by atoms with E-state index in [9.17, 15) is 4.79 Å². The fourth-order valence-electron chi connectivity index (χ4n) is 1.41. The summed E-state index contributed by atoms with van der Waals surface area (Å²) in [5.41, 5.74) is 6.38. The Labute approximate surface area is 103 Å². The van der Waals surface area contributed by atoms with Crippen molar-refractivity contribution in [3.05, 3.63) is 33.8 Å². The van der Waals surface area contributed by atoms with Crippen LogP contribution in [-0.4, -0.2) is 24.2 Å². The second-order valence-corrected chi connectivity index (χ2v) is 4.14. The second kappa shape index (κ2) is 5.50. The fourth-order valence-corrected chi connectivity index (χ4v) is 1.94. The molecule has 2 unspecified atom stereocenters. The van der Waals surface area contributed by atoms with Crippen molar-refractivity contribution in [3.8, 4) is 0 Å². The number of carboxylic acid groups (broad SMARTS) is 1. The van der Waals surface area contributed by atoms with Crippen molar-refractivity contribution in [1.29, 1.82) is 0 Å². The molecule has 4 nitrogen and oxygen atoms in total. The molecule has 0 aliphatic carbocycles. The summed E-state index contributed by atoms with van der Waals surface area (Å²) in [6.07, 6.45) is 0. The molecule has 6 heteroatoms. The Hall–Kier alpha value is -0.810. The van der Waals surface area contributed by atoms with Crippen LogP contribution in [0.15, 0.2) is 18.2 Å². The topological polar surface area (TPSA) is 75.3 Å². The van der Waals surface area contributed by atoms with Gasteiger partial charge in [-0.2, -0.15) is 0 Å². The van der Waals surface area contributed by atoms with Crippen molar-refractivity contribution in [2.45, 2.75) is 12.1 Å². The summed E-state index contributed by atoms with van der Waals surface area (Å²) in [4.78, 5) is 10.9. The van der Waals surface area contributed by atoms with Gasteiger partial charge in [0.15, 0.2) is 0 Å². The first kappa shape index (κ1) is 13.3. The molecule has 0 aliphatic heterocycles. The van der Waals surface area contributed by atoms with Gasteiger partial charge in [-0.05, 0) is 24.7 Å². The standard InChI is InChI=1S/C10H12Cl2N2O2/c1-14-9(10(15)16)8(13)6-3-2-5(11)4-7(6)12/h2-4,8-9,14H,13H2,1H3,(H,15,16). The van der Waals surface area contributed by atoms with E-state index in [1.165, 1.54) is 13.1 Å². The average Bonchev–Trinajstić information content (AvgIpc) is 2.17. The van der Waals surface area contributed by atoms with Gasteiger partial charge in [-0.3, -0.25) is 4.79 Å². The number of likely N-dealkylation sites (N-methyl/N-ethyl adjacent to an activating group) is 1. The van der Waals surface area contributed by atoms with Gasteiger partial charge in [-0.25, -0.2) is 0 Å². The van der Waals surface area contributed by atoms with Crippen molar-refractivity contribution in [2.75, 3.05) is 7.05 Å². The zero-order valence-electron chi connectivity index (χ0n) is 8.58. The van der Waals surface area contributed by atoms with E-state index in [2.05, 4.69) is 5.32 Å². The van der Waals surface area contributed by atoms with Gasteiger partial charge in [0.2, 0.25) is 0 Å². The predicted octanol–water partition coefficient (Wildman–Crippen LogP) is 1.67. The summed E-state index contributed by atoms with van der Waals surface area (Å²) < 4.78 is 0. The molecule has 0 amide bonds. The number of halogens is 2. The highest BCUT2D eigenvalue weighted by Gasteiger charge is 2.26. The molecule has 0 bridgehead atoms. The summed E-state index contributed by atoms with van der Waals surface area (Å²) >= 11 is 11.7. The van der Waals surface area contributed by atoms with E-state index in [-0.39, 0.29) is 0 Å². The minimum atomic E-state index is -1.03. The maximum absolute atomic E-state index is 10.9. The van der Waals surface area contributed by atoms with E-state index in [0.717, 1.165) is 0 Å². The maximum atomic E-state index is 10.9. The van der Waals surface area contributed by atoms with Gasteiger partial charge >= 0.3 is 5.97 Å². The molecule has 16 heavy (non-hydrogen) atoms. The summed E-state index contributed by atoms with van der Waals surface area (Å²) in [5.74, 6) is -1.03. The SMILES string of the molecule is CNC(C(=O)O)C(N)c1ccc(Cl)cc1Cl. The van der Waals surface area contributed by atoms with Gasteiger partial charge in [0.25, 0.3) is 0 Å². The second-order valence-electron chi connectivity index (χ2n) is 3.30. The summed E-state index contributed by atoms with van der Waals surface area (Å²) in [6.45, 7) is 0. The maximum Gasteiger partial charge on any atom is 0.322 e. The van der Waals surface area contributed by atoms with Crippen LogP contribution in [0.4, 0.5) is 0 Å². The van der Waals surface area contributed by atoms with Crippen molar-refractivity contribution in [3.63, 3.8) is 0 Å². The molecule has 0 saturated heterocycles. The van der Waals surface area contributed by atoms with Gasteiger partial charge in [0.1, 0.15) is 6.04 Å². The van der Waals surface area contributed by atoms with Crippen LogP contribution in [0.2, 0.25) is 10.0 Å². The number of hydrogen-bond acceptors (Lipinski definition) is 3. The molecule has 1 rings (SSSR count). The van der Waals surface area contributed by atoms with E-state index < -0.39 is 18.1 Å². The summed E-state index contributed by atoms with van der Waals surface area (Å²) in [6, 6.07) is 3.16. The normalized spacial score (nSPS) is 14.5. The third-order valence-corrected chi connectivity index (χ3v) is 2.82. The quantitative estimate of drug-likeness (QED) is 0.772. The average molecular weight is 263 g/mol. The molecule has 2 atom stereocenters. The van der Waals surface area contributed by atoms with E-state index in [0.29, 0.717) is 15.6 Å². The Morgan fingerprint density at radius 1 is 1.50 bits per heavy atom. The molecular formula is C10H12Cl2N2O2. The number of carboxylic acids is 1. The van der Waals surface area contributed by atoms with E-state index in [4.69, 9.17) is 34.0 Å². The Balaban J connectivity index is 3.03. The lowest BCUT2D eigenvalue weighted by Crippen LogP contribution is -2.43. The monoisotopic (exact) mass is 262 g/mol. The van der Waals surface area contributed by atoms with Crippen molar-refractivity contribution in [2.24, 2.45) is 5.73 Å². The third-order valence-electron chi connectivity index (χ3n) is 2.26. The zero-order chi connectivity index (χ0) is 12.3. The highest BCUT2D eigenvalue weighted by Crippen LogP contribution is 2.26. The van der Waals surface area contributed by atoms with Gasteiger partial charge in [0.05, 0.1) is 6.04 Å². The minimum Gasteiger partial charge on any atom is -0.480 e. The molecule has 0 radical (unpaired) electrons. The molecular weight excluding hydrogens is 251 g/mol. The minimum absolute atomic E-state index is 0.363. The summed E-state index contributed by atoms with van der Waals surface area (Å²) in [5, 5.41) is 12.4. The number of hydrogen-bond donors (Lipinski definition) is 3. The highest BCUT2D eigenvalue weighted by molar-refractivity contribution is 6.35. The molecule has 1 aromatic rings. The Morgan fingerprint density at radius 2 is 2.12 bits per heavy atom. The molecule has 0 spiro atoms. The lowest BCUT2D eigenvalue weighted by Gasteiger charge is -2.20. The van der Waals surface area contributed by atoms with Crippen LogP contribution in [-0.2, 0) is 4.79 Å². The van der Waals surface area contributed by atoms with Crippen molar-refractivity contribution >= 4 is 29.2 Å². The van der Waals surface area contributed by atoms with Gasteiger partial charge in [-0.15, -0.1) is 0 Å². The van der Waals surface area contributed by atoms with Crippen LogP contribution in [0.5, 0.6) is 0 Å². The van der Waals surface area contributed by atoms with Crippen molar-refractivity contribution < 1.29 is 9.90 Å². The zero-order valence-corrected chi connectivity index (χ0v) is 10.1. The Kier molecular flexibility index (Phi) is 4.56. The lowest BCUT2D eigenvalue weighted by atomic mass is 10.0. The Bertz CT molecular complexity index is 398. The fraction of sp³-hybridized carbons (Fsp3) is 0.300. The van der Waals surface area contributed by atoms with Gasteiger partial charge in [0, 0.05) is 10.0 Å². The molecule has 1 aromatic carbocycles. The van der Waals surface area contributed by atoms with Crippen LogP contribution in [0.3, 0.4) is 0 Å². The van der Waals surface area contributed by atoms with Gasteiger partial charge < -0.3 is 16.2 Å². The number of nitrogens with one attached hydrogen (secondary N) is 1. The molecule has 0 saturated carbocycles. The predicted molar refractivity (Wildman–Crippen MR) is 63.9 cm³/mol. The lowest BCUT2D eigenvalue weighted by molar-refractivity contribution is -0.139. The molecule has 0 aliphatic rings. The first-order valence-corrected chi connectivity index (χ1v) is 5.33. The Morgan fingerprint density at radius 3 is 2.56 bits per heavy atom. The molecule has 0 heterocycles. The van der Waals surface area contributed by atoms with Crippen molar-refractivity contribution in [1.82, 2.24) is 5.32 Å². The van der Waals surface area contributed by atoms with Crippen LogP contribution >= 0.6 is 23.2 Å². The highest BCUT2D eigenvalue weighted by atomic mass is 35.5. The number of rotatable bonds is 4. The van der Waals surface area contributed by atoms with Gasteiger partial charge in [-0.1, -0.05) is 29.3 Å². The molecule has 4 N–H and O–H groups in total. The first-order chi connectivity index (χ1) is 7.47. The first-order valence-electron chi connectivity index (χ1n) is 4.58. The largest absolute Gasteiger partial charge is 0.480 e. The van der Waals surface area contributed by atoms with E-state index in [1.807, 2.05) is 0 Å². The van der Waals surface area contributed by atoms with Crippen LogP contribution in [0.1, 0.15) is 11.6 Å². The number of nitrogens with two attached hydrogens (primary N) is 1. The third kappa shape index (κ3) is 2.86. The van der Waals surface area contributed by atoms with Crippen LogP contribution < -0.4 is 11.1 Å². The number of aliphatic carboxylic acids is 1. The van der Waals surface area contributed by atoms with E-state index in [1.54, 1.807) is 12.1 Å². The smallest absolute Gasteiger partial charge is 0.322 e. The van der Waals surface area contributed by atoms with E-state index >= 15 is 0 Å².